The molecule has 3 heteroatoms. The summed E-state index contributed by atoms with van der Waals surface area (Å²) in [5, 5.41) is 0. The number of nitrogens with zero attached hydrogens (tertiary/aromatic N) is 2. The van der Waals surface area contributed by atoms with Crippen LogP contribution in [0.5, 0.6) is 0 Å². The summed E-state index contributed by atoms with van der Waals surface area (Å²) in [7, 11) is 0. The lowest BCUT2D eigenvalue weighted by molar-refractivity contribution is 0.0725. The van der Waals surface area contributed by atoms with Gasteiger partial charge in [-0.3, -0.25) is 9.78 Å². The Morgan fingerprint density at radius 1 is 1.05 bits per heavy atom. The fourth-order valence-electron chi connectivity index (χ4n) is 2.63. The molecule has 1 aromatic carbocycles. The minimum atomic E-state index is 0.0993. The highest BCUT2D eigenvalue weighted by molar-refractivity contribution is 6.00. The lowest BCUT2D eigenvalue weighted by atomic mass is 10.0. The van der Waals surface area contributed by atoms with Gasteiger partial charge in [-0.2, -0.15) is 0 Å². The maximum Gasteiger partial charge on any atom is 0.254 e. The average molecular weight is 265 g/mol. The predicted octanol–water partition coefficient (Wildman–Crippen LogP) is 3.17. The summed E-state index contributed by atoms with van der Waals surface area (Å²) in [6, 6.07) is 11.7. The summed E-state index contributed by atoms with van der Waals surface area (Å²) in [4.78, 5) is 18.7. The third-order valence-corrected chi connectivity index (χ3v) is 3.70. The van der Waals surface area contributed by atoms with E-state index in [0.717, 1.165) is 37.1 Å². The first-order valence-electron chi connectivity index (χ1n) is 7.07. The molecule has 0 atom stereocenters. The highest BCUT2D eigenvalue weighted by Crippen LogP contribution is 2.24. The molecule has 0 aliphatic carbocycles. The topological polar surface area (TPSA) is 33.2 Å². The van der Waals surface area contributed by atoms with Gasteiger partial charge in [0.05, 0.1) is 11.8 Å². The smallest absolute Gasteiger partial charge is 0.254 e. The molecular weight excluding hydrogens is 248 g/mol. The number of carbonyl (C=O) groups excluding carboxylic acids is 1. The molecule has 3 rings (SSSR count). The van der Waals surface area contributed by atoms with Crippen molar-refractivity contribution in [3.8, 4) is 11.1 Å². The SMILES string of the molecule is O=C(c1ccn[c]c1-c1ccccc1)N1CCCCC1. The van der Waals surface area contributed by atoms with E-state index in [4.69, 9.17) is 0 Å². The van der Waals surface area contributed by atoms with Crippen molar-refractivity contribution in [3.05, 3.63) is 54.4 Å². The Hall–Kier alpha value is -2.16. The van der Waals surface area contributed by atoms with Gasteiger partial charge in [0.15, 0.2) is 0 Å². The molecule has 20 heavy (non-hydrogen) atoms. The number of pyridine rings is 1. The zero-order chi connectivity index (χ0) is 13.8. The van der Waals surface area contributed by atoms with E-state index in [2.05, 4.69) is 11.2 Å². The van der Waals surface area contributed by atoms with Gasteiger partial charge in [-0.1, -0.05) is 30.3 Å². The number of rotatable bonds is 2. The predicted molar refractivity (Wildman–Crippen MR) is 78.3 cm³/mol. The van der Waals surface area contributed by atoms with E-state index in [1.54, 1.807) is 12.3 Å². The molecule has 1 aliphatic rings. The molecular formula is C17H17N2O. The standard InChI is InChI=1S/C17H17N2O/c20-17(19-11-5-2-6-12-19)15-9-10-18-13-16(15)14-7-3-1-4-8-14/h1,3-4,7-10H,2,5-6,11-12H2. The second kappa shape index (κ2) is 5.87. The molecule has 2 aromatic rings. The number of aromatic nitrogens is 1. The molecule has 1 aliphatic heterocycles. The number of likely N-dealkylation sites (tertiary alicyclic amines) is 1. The molecule has 0 spiro atoms. The minimum Gasteiger partial charge on any atom is -0.339 e. The van der Waals surface area contributed by atoms with Gasteiger partial charge in [0.1, 0.15) is 0 Å². The van der Waals surface area contributed by atoms with E-state index in [1.165, 1.54) is 6.42 Å². The lowest BCUT2D eigenvalue weighted by Gasteiger charge is -2.27. The quantitative estimate of drug-likeness (QED) is 0.835. The van der Waals surface area contributed by atoms with Crippen LogP contribution in [-0.4, -0.2) is 28.9 Å². The van der Waals surface area contributed by atoms with Crippen LogP contribution in [0.2, 0.25) is 0 Å². The van der Waals surface area contributed by atoms with Gasteiger partial charge < -0.3 is 4.90 Å². The van der Waals surface area contributed by atoms with Crippen molar-refractivity contribution >= 4 is 5.91 Å². The number of hydrogen-bond acceptors (Lipinski definition) is 2. The van der Waals surface area contributed by atoms with Crippen LogP contribution in [-0.2, 0) is 0 Å². The Labute approximate surface area is 119 Å². The van der Waals surface area contributed by atoms with Gasteiger partial charge >= 0.3 is 0 Å². The van der Waals surface area contributed by atoms with Crippen LogP contribution in [0.15, 0.2) is 42.6 Å². The zero-order valence-electron chi connectivity index (χ0n) is 11.4. The summed E-state index contributed by atoms with van der Waals surface area (Å²) >= 11 is 0. The summed E-state index contributed by atoms with van der Waals surface area (Å²) in [6.45, 7) is 1.71. The summed E-state index contributed by atoms with van der Waals surface area (Å²) in [5.41, 5.74) is 2.48. The van der Waals surface area contributed by atoms with Gasteiger partial charge in [-0.15, -0.1) is 0 Å². The van der Waals surface area contributed by atoms with E-state index in [-0.39, 0.29) is 5.91 Å². The first kappa shape index (κ1) is 12.9. The van der Waals surface area contributed by atoms with Crippen LogP contribution in [0.4, 0.5) is 0 Å². The summed E-state index contributed by atoms with van der Waals surface area (Å²) in [5.74, 6) is 0.0993. The number of carbonyl (C=O) groups is 1. The van der Waals surface area contributed by atoms with Gasteiger partial charge in [0.2, 0.25) is 0 Å². The number of amides is 1. The summed E-state index contributed by atoms with van der Waals surface area (Å²) < 4.78 is 0. The van der Waals surface area contributed by atoms with Crippen LogP contribution in [0.1, 0.15) is 29.6 Å². The van der Waals surface area contributed by atoms with Crippen molar-refractivity contribution in [3.63, 3.8) is 0 Å². The normalized spacial score (nSPS) is 15.1. The van der Waals surface area contributed by atoms with Crippen LogP contribution in [0, 0.1) is 6.20 Å². The van der Waals surface area contributed by atoms with E-state index >= 15 is 0 Å². The van der Waals surface area contributed by atoms with Crippen molar-refractivity contribution in [1.82, 2.24) is 9.88 Å². The second-order valence-electron chi connectivity index (χ2n) is 5.06. The van der Waals surface area contributed by atoms with Gasteiger partial charge in [-0.25, -0.2) is 0 Å². The first-order valence-corrected chi connectivity index (χ1v) is 7.07. The molecule has 101 valence electrons. The molecule has 0 N–H and O–H groups in total. The van der Waals surface area contributed by atoms with E-state index < -0.39 is 0 Å². The Bertz CT molecular complexity index is 589. The molecule has 1 fully saturated rings. The molecule has 3 nitrogen and oxygen atoms in total. The molecule has 2 heterocycles. The van der Waals surface area contributed by atoms with Gasteiger partial charge in [0, 0.05) is 24.8 Å². The molecule has 1 radical (unpaired) electrons. The van der Waals surface area contributed by atoms with Crippen molar-refractivity contribution in [1.29, 1.82) is 0 Å². The maximum absolute atomic E-state index is 12.7. The maximum atomic E-state index is 12.7. The molecule has 0 unspecified atom stereocenters. The zero-order valence-corrected chi connectivity index (χ0v) is 11.4. The third kappa shape index (κ3) is 2.57. The molecule has 0 bridgehead atoms. The van der Waals surface area contributed by atoms with E-state index in [1.807, 2.05) is 35.2 Å². The fourth-order valence-corrected chi connectivity index (χ4v) is 2.63. The Morgan fingerprint density at radius 3 is 2.55 bits per heavy atom. The van der Waals surface area contributed by atoms with Crippen molar-refractivity contribution in [2.45, 2.75) is 19.3 Å². The van der Waals surface area contributed by atoms with Gasteiger partial charge in [0.25, 0.3) is 5.91 Å². The lowest BCUT2D eigenvalue weighted by Crippen LogP contribution is -2.35. The molecule has 1 aromatic heterocycles. The first-order chi connectivity index (χ1) is 9.86. The Balaban J connectivity index is 1.95. The van der Waals surface area contributed by atoms with Gasteiger partial charge in [-0.05, 0) is 30.9 Å². The monoisotopic (exact) mass is 265 g/mol. The Morgan fingerprint density at radius 2 is 1.80 bits per heavy atom. The van der Waals surface area contributed by atoms with Crippen molar-refractivity contribution < 1.29 is 4.79 Å². The van der Waals surface area contributed by atoms with Crippen molar-refractivity contribution in [2.75, 3.05) is 13.1 Å². The molecule has 1 amide bonds. The van der Waals surface area contributed by atoms with Crippen LogP contribution < -0.4 is 0 Å². The number of benzene rings is 1. The largest absolute Gasteiger partial charge is 0.339 e. The van der Waals surface area contributed by atoms with E-state index in [9.17, 15) is 4.79 Å². The summed E-state index contributed by atoms with van der Waals surface area (Å²) in [6.07, 6.45) is 8.04. The van der Waals surface area contributed by atoms with Crippen LogP contribution in [0.25, 0.3) is 11.1 Å². The van der Waals surface area contributed by atoms with Crippen LogP contribution >= 0.6 is 0 Å². The van der Waals surface area contributed by atoms with E-state index in [0.29, 0.717) is 5.56 Å². The average Bonchev–Trinajstić information content (AvgIpc) is 2.56. The van der Waals surface area contributed by atoms with Crippen molar-refractivity contribution in [2.24, 2.45) is 0 Å². The third-order valence-electron chi connectivity index (χ3n) is 3.70. The highest BCUT2D eigenvalue weighted by atomic mass is 16.2. The molecule has 1 saturated heterocycles. The second-order valence-corrected chi connectivity index (χ2v) is 5.06. The molecule has 0 saturated carbocycles. The Kier molecular flexibility index (Phi) is 3.77. The fraction of sp³-hybridized carbons (Fsp3) is 0.294. The van der Waals surface area contributed by atoms with Crippen LogP contribution in [0.3, 0.4) is 0 Å². The minimum absolute atomic E-state index is 0.0993. The highest BCUT2D eigenvalue weighted by Gasteiger charge is 2.21. The number of piperidine rings is 1. The number of hydrogen-bond donors (Lipinski definition) is 0.